The summed E-state index contributed by atoms with van der Waals surface area (Å²) >= 11 is 3.32. The van der Waals surface area contributed by atoms with E-state index >= 15 is 0 Å². The average Bonchev–Trinajstić information content (AvgIpc) is 3.75. The maximum atomic E-state index is 13.6. The van der Waals surface area contributed by atoms with Gasteiger partial charge in [0.2, 0.25) is 0 Å². The molecule has 16 heteroatoms. The summed E-state index contributed by atoms with van der Waals surface area (Å²) in [5.74, 6) is -0.422. The highest BCUT2D eigenvalue weighted by molar-refractivity contribution is 8.19. The Bertz CT molecular complexity index is 1750. The zero-order valence-electron chi connectivity index (χ0n) is 31.4. The van der Waals surface area contributed by atoms with E-state index in [4.69, 9.17) is 27.2 Å². The van der Waals surface area contributed by atoms with Crippen molar-refractivity contribution >= 4 is 57.8 Å². The van der Waals surface area contributed by atoms with Crippen LogP contribution in [0, 0.1) is 5.41 Å². The van der Waals surface area contributed by atoms with Gasteiger partial charge in [0.25, 0.3) is 5.56 Å². The Morgan fingerprint density at radius 1 is 0.941 bits per heavy atom. The second-order valence-electron chi connectivity index (χ2n) is 15.8. The fourth-order valence-electron chi connectivity index (χ4n) is 7.12. The number of benzene rings is 1. The van der Waals surface area contributed by atoms with Gasteiger partial charge in [0.1, 0.15) is 24.6 Å². The summed E-state index contributed by atoms with van der Waals surface area (Å²) in [5.41, 5.74) is -0.0723. The van der Waals surface area contributed by atoms with Gasteiger partial charge >= 0.3 is 23.1 Å². The van der Waals surface area contributed by atoms with E-state index in [0.29, 0.717) is 5.65 Å². The molecule has 0 bridgehead atoms. The maximum Gasteiger partial charge on any atom is 0.335 e. The minimum Gasteiger partial charge on any atom is -0.443 e. The molecule has 0 radical (unpaired) electrons. The number of nitrogens with zero attached hydrogens (tertiary/aromatic N) is 4. The molecule has 0 spiro atoms. The quantitative estimate of drug-likeness (QED) is 0.157. The third kappa shape index (κ3) is 7.16. The number of carbonyl (C=O) groups excluding carboxylic acids is 1. The first-order chi connectivity index (χ1) is 24.0. The Labute approximate surface area is 311 Å². The van der Waals surface area contributed by atoms with Crippen molar-refractivity contribution in [3.05, 3.63) is 47.3 Å². The molecular formula is C35H52N4O8S2Si2. The molecule has 51 heavy (non-hydrogen) atoms. The number of rotatable bonds is 9. The minimum absolute atomic E-state index is 0.116. The Morgan fingerprint density at radius 2 is 1.55 bits per heavy atom. The summed E-state index contributed by atoms with van der Waals surface area (Å²) < 4.78 is 44.1. The molecule has 2 aromatic heterocycles. The molecule has 0 aliphatic carbocycles. The Kier molecular flexibility index (Phi) is 11.1. The first-order valence-corrected chi connectivity index (χ1v) is 23.5. The summed E-state index contributed by atoms with van der Waals surface area (Å²) in [4.78, 5) is 37.5. The normalized spacial score (nSPS) is 25.1. The number of aromatic nitrogens is 4. The summed E-state index contributed by atoms with van der Waals surface area (Å²) in [6.07, 6.45) is 0.581. The number of thioether (sulfide) groups is 2. The van der Waals surface area contributed by atoms with Gasteiger partial charge < -0.3 is 27.2 Å². The molecule has 6 rings (SSSR count). The van der Waals surface area contributed by atoms with E-state index in [1.165, 1.54) is 10.9 Å². The molecule has 3 aromatic rings. The van der Waals surface area contributed by atoms with E-state index in [2.05, 4.69) is 77.5 Å². The smallest absolute Gasteiger partial charge is 0.335 e. The van der Waals surface area contributed by atoms with Crippen molar-refractivity contribution in [2.24, 2.45) is 5.41 Å². The topological polar surface area (TPSA) is 125 Å². The summed E-state index contributed by atoms with van der Waals surface area (Å²) in [5, 5.41) is 0. The molecule has 280 valence electrons. The average molecular weight is 777 g/mol. The van der Waals surface area contributed by atoms with E-state index in [-0.39, 0.29) is 45.8 Å². The fourth-order valence-corrected chi connectivity index (χ4v) is 20.9. The van der Waals surface area contributed by atoms with Crippen molar-refractivity contribution in [3.63, 3.8) is 0 Å². The van der Waals surface area contributed by atoms with Crippen LogP contribution in [0.4, 0.5) is 0 Å². The lowest BCUT2D eigenvalue weighted by atomic mass is 9.98. The SMILES string of the molecule is CC(C)[Si]1(C(C)C)OC[C@H]2O[C@@H](n3cnc4c(=O)n(COC(=O)C(C)(C)C)cnc43)[C@H](OC3Sc4ccccc4S3)[C@@H]2O[Si](C(C)C)(C(C)C)O1. The molecule has 4 atom stereocenters. The fraction of sp³-hybridized carbons (Fsp3) is 0.657. The van der Waals surface area contributed by atoms with Crippen LogP contribution in [0.5, 0.6) is 0 Å². The summed E-state index contributed by atoms with van der Waals surface area (Å²) in [6.45, 7) is 22.9. The third-order valence-electron chi connectivity index (χ3n) is 9.95. The monoisotopic (exact) mass is 776 g/mol. The Balaban J connectivity index is 1.41. The lowest BCUT2D eigenvalue weighted by Gasteiger charge is -2.51. The number of ether oxygens (including phenoxy) is 3. The zero-order valence-corrected chi connectivity index (χ0v) is 35.1. The van der Waals surface area contributed by atoms with Crippen LogP contribution >= 0.6 is 23.5 Å². The van der Waals surface area contributed by atoms with Crippen molar-refractivity contribution in [1.29, 1.82) is 0 Å². The highest BCUT2D eigenvalue weighted by atomic mass is 32.2. The standard InChI is InChI=1S/C35H52N4O8S2Si2/c1-20(2)50(21(3)4)43-16-24-28(46-51(47-50,22(5)6)23(7)8)29(45-34-48-25-14-12-13-15-26(25)49-34)32(44-24)39-18-36-27-30(39)37-17-38(31(27)40)19-42-33(41)35(9,10)11/h12-15,17-18,20-24,28-29,32,34H,16,19H2,1-11H3/t24-,28-,29-,32-/m1/s1. The van der Waals surface area contributed by atoms with Gasteiger partial charge in [-0.2, -0.15) is 0 Å². The molecule has 3 aliphatic heterocycles. The number of hydrogen-bond acceptors (Lipinski definition) is 12. The van der Waals surface area contributed by atoms with Crippen LogP contribution in [0.15, 0.2) is 51.5 Å². The van der Waals surface area contributed by atoms with Gasteiger partial charge in [-0.3, -0.25) is 18.7 Å². The predicted octanol–water partition coefficient (Wildman–Crippen LogP) is 7.56. The van der Waals surface area contributed by atoms with Crippen LogP contribution in [0.1, 0.15) is 82.4 Å². The number of hydrogen-bond donors (Lipinski definition) is 0. The van der Waals surface area contributed by atoms with E-state index in [0.717, 1.165) is 9.79 Å². The first kappa shape index (κ1) is 38.7. The number of carbonyl (C=O) groups is 1. The van der Waals surface area contributed by atoms with Gasteiger partial charge in [0, 0.05) is 9.79 Å². The van der Waals surface area contributed by atoms with Gasteiger partial charge in [-0.15, -0.1) is 0 Å². The van der Waals surface area contributed by atoms with E-state index in [1.54, 1.807) is 55.2 Å². The van der Waals surface area contributed by atoms with Crippen LogP contribution in [0.3, 0.4) is 0 Å². The number of fused-ring (bicyclic) bond motifs is 3. The molecule has 0 amide bonds. The number of esters is 1. The summed E-state index contributed by atoms with van der Waals surface area (Å²) in [7, 11) is -5.84. The van der Waals surface area contributed by atoms with Crippen LogP contribution in [0.25, 0.3) is 11.2 Å². The van der Waals surface area contributed by atoms with E-state index < -0.39 is 58.6 Å². The van der Waals surface area contributed by atoms with Crippen LogP contribution < -0.4 is 5.56 Å². The summed E-state index contributed by atoms with van der Waals surface area (Å²) in [6, 6.07) is 8.27. The molecule has 12 nitrogen and oxygen atoms in total. The second kappa shape index (κ2) is 14.7. The van der Waals surface area contributed by atoms with Crippen LogP contribution in [0.2, 0.25) is 22.2 Å². The van der Waals surface area contributed by atoms with Crippen molar-refractivity contribution in [3.8, 4) is 0 Å². The molecular weight excluding hydrogens is 725 g/mol. The molecule has 0 N–H and O–H groups in total. The Morgan fingerprint density at radius 3 is 2.12 bits per heavy atom. The zero-order chi connectivity index (χ0) is 37.0. The highest BCUT2D eigenvalue weighted by Gasteiger charge is 2.62. The minimum atomic E-state index is -3.02. The second-order valence-corrected chi connectivity index (χ2v) is 27.2. The van der Waals surface area contributed by atoms with Gasteiger partial charge in [-0.05, 0) is 55.1 Å². The highest BCUT2D eigenvalue weighted by Crippen LogP contribution is 2.53. The molecule has 2 fully saturated rings. The van der Waals surface area contributed by atoms with Crippen molar-refractivity contribution in [1.82, 2.24) is 19.1 Å². The van der Waals surface area contributed by atoms with E-state index in [9.17, 15) is 9.59 Å². The Hall–Kier alpha value is -2.03. The lowest BCUT2D eigenvalue weighted by molar-refractivity contribution is -0.157. The van der Waals surface area contributed by atoms with Gasteiger partial charge in [-0.25, -0.2) is 9.97 Å². The molecule has 3 aliphatic rings. The van der Waals surface area contributed by atoms with Gasteiger partial charge in [-0.1, -0.05) is 91.0 Å². The van der Waals surface area contributed by atoms with Crippen molar-refractivity contribution < 1.29 is 32.0 Å². The third-order valence-corrected chi connectivity index (χ3v) is 22.7. The molecule has 0 saturated carbocycles. The molecule has 2 saturated heterocycles. The molecule has 0 unspecified atom stereocenters. The maximum absolute atomic E-state index is 13.6. The largest absolute Gasteiger partial charge is 0.443 e. The first-order valence-electron chi connectivity index (χ1n) is 17.8. The number of imidazole rings is 1. The van der Waals surface area contributed by atoms with E-state index in [1.807, 2.05) is 12.1 Å². The van der Waals surface area contributed by atoms with Crippen LogP contribution in [-0.4, -0.2) is 71.9 Å². The van der Waals surface area contributed by atoms with Gasteiger partial charge in [0.15, 0.2) is 28.9 Å². The van der Waals surface area contributed by atoms with Gasteiger partial charge in [0.05, 0.1) is 18.3 Å². The van der Waals surface area contributed by atoms with Crippen molar-refractivity contribution in [2.45, 2.75) is 144 Å². The van der Waals surface area contributed by atoms with Crippen LogP contribution in [-0.2, 0) is 38.7 Å². The predicted molar refractivity (Wildman–Crippen MR) is 202 cm³/mol. The lowest BCUT2D eigenvalue weighted by Crippen LogP contribution is -2.66. The van der Waals surface area contributed by atoms with Crippen molar-refractivity contribution in [2.75, 3.05) is 6.61 Å². The molecule has 1 aromatic carbocycles. The molecule has 5 heterocycles.